The van der Waals surface area contributed by atoms with Crippen molar-refractivity contribution in [1.82, 2.24) is 24.2 Å². The molecule has 1 N–H and O–H groups in total. The molecule has 0 atom stereocenters. The van der Waals surface area contributed by atoms with Crippen molar-refractivity contribution in [2.45, 2.75) is 32.6 Å². The van der Waals surface area contributed by atoms with Crippen molar-refractivity contribution < 1.29 is 22.5 Å². The van der Waals surface area contributed by atoms with E-state index in [0.29, 0.717) is 70.4 Å². The summed E-state index contributed by atoms with van der Waals surface area (Å²) in [5, 5.41) is 6.68. The highest BCUT2D eigenvalue weighted by Gasteiger charge is 2.30. The number of aromatic nitrogens is 1. The number of amides is 4. The first-order valence-corrected chi connectivity index (χ1v) is 12.3. The third-order valence-electron chi connectivity index (χ3n) is 5.52. The Hall–Kier alpha value is -2.34. The van der Waals surface area contributed by atoms with E-state index in [2.05, 4.69) is 10.5 Å². The molecule has 1 aromatic rings. The van der Waals surface area contributed by atoms with Crippen molar-refractivity contribution in [3.05, 3.63) is 11.8 Å². The Bertz CT molecular complexity index is 901. The number of anilines is 1. The number of hydrogen-bond donors (Lipinski definition) is 1. The van der Waals surface area contributed by atoms with Gasteiger partial charge in [0, 0.05) is 63.8 Å². The maximum atomic E-state index is 12.9. The van der Waals surface area contributed by atoms with E-state index in [-0.39, 0.29) is 17.5 Å². The van der Waals surface area contributed by atoms with Crippen LogP contribution in [0.3, 0.4) is 0 Å². The van der Waals surface area contributed by atoms with Crippen LogP contribution < -0.4 is 5.32 Å². The molecule has 2 fully saturated rings. The molecule has 2 aliphatic rings. The zero-order chi connectivity index (χ0) is 22.8. The van der Waals surface area contributed by atoms with Gasteiger partial charge < -0.3 is 19.2 Å². The fourth-order valence-corrected chi connectivity index (χ4v) is 4.43. The van der Waals surface area contributed by atoms with Crippen LogP contribution >= 0.6 is 0 Å². The van der Waals surface area contributed by atoms with Crippen molar-refractivity contribution in [2.75, 3.05) is 63.9 Å². The number of nitrogens with zero attached hydrogens (tertiary/aromatic N) is 5. The maximum Gasteiger partial charge on any atom is 0.323 e. The quantitative estimate of drug-likeness (QED) is 0.714. The largest absolute Gasteiger partial charge is 0.359 e. The molecule has 0 unspecified atom stereocenters. The lowest BCUT2D eigenvalue weighted by atomic mass is 9.93. The Balaban J connectivity index is 1.51. The minimum atomic E-state index is -3.24. The van der Waals surface area contributed by atoms with Crippen LogP contribution in [0.15, 0.2) is 10.6 Å². The van der Waals surface area contributed by atoms with Crippen LogP contribution in [-0.2, 0) is 15.4 Å². The molecule has 3 heterocycles. The van der Waals surface area contributed by atoms with E-state index in [1.54, 1.807) is 20.8 Å². The molecule has 0 aliphatic carbocycles. The maximum absolute atomic E-state index is 12.9. The topological polar surface area (TPSA) is 119 Å². The molecule has 2 aliphatic heterocycles. The van der Waals surface area contributed by atoms with Crippen LogP contribution in [0.4, 0.5) is 15.4 Å². The number of carbonyl (C=O) groups is 2. The molecule has 0 aromatic carbocycles. The summed E-state index contributed by atoms with van der Waals surface area (Å²) in [4.78, 5) is 30.6. The first-order chi connectivity index (χ1) is 14.4. The van der Waals surface area contributed by atoms with Gasteiger partial charge in [0.05, 0.1) is 6.26 Å². The van der Waals surface area contributed by atoms with E-state index < -0.39 is 10.0 Å². The number of nitrogens with one attached hydrogen (secondary N) is 1. The molecule has 0 spiro atoms. The number of hydrogen-bond acceptors (Lipinski definition) is 6. The van der Waals surface area contributed by atoms with Gasteiger partial charge in [0.2, 0.25) is 10.0 Å². The van der Waals surface area contributed by atoms with Gasteiger partial charge >= 0.3 is 12.1 Å². The predicted molar refractivity (Wildman–Crippen MR) is 115 cm³/mol. The highest BCUT2D eigenvalue weighted by Crippen LogP contribution is 2.24. The summed E-state index contributed by atoms with van der Waals surface area (Å²) in [5.41, 5.74) is -0.202. The van der Waals surface area contributed by atoms with Crippen LogP contribution in [0.25, 0.3) is 0 Å². The summed E-state index contributed by atoms with van der Waals surface area (Å²) in [6.45, 7) is 9.26. The Morgan fingerprint density at radius 3 is 2.10 bits per heavy atom. The van der Waals surface area contributed by atoms with Crippen LogP contribution in [0.5, 0.6) is 0 Å². The lowest BCUT2D eigenvalue weighted by molar-refractivity contribution is 0.135. The van der Waals surface area contributed by atoms with Gasteiger partial charge in [-0.3, -0.25) is 5.32 Å². The fourth-order valence-electron chi connectivity index (χ4n) is 3.60. The minimum absolute atomic E-state index is 0.110. The Labute approximate surface area is 183 Å². The normalized spacial score (nSPS) is 19.3. The second-order valence-electron chi connectivity index (χ2n) is 9.02. The average molecular weight is 457 g/mol. The Kier molecular flexibility index (Phi) is 6.79. The van der Waals surface area contributed by atoms with E-state index in [4.69, 9.17) is 4.52 Å². The van der Waals surface area contributed by atoms with Crippen LogP contribution in [0.1, 0.15) is 33.0 Å². The zero-order valence-electron chi connectivity index (χ0n) is 18.6. The smallest absolute Gasteiger partial charge is 0.323 e. The molecular weight excluding hydrogens is 424 g/mol. The van der Waals surface area contributed by atoms with Crippen molar-refractivity contribution in [3.8, 4) is 0 Å². The van der Waals surface area contributed by atoms with E-state index in [1.807, 2.05) is 20.8 Å². The lowest BCUT2D eigenvalue weighted by Crippen LogP contribution is -2.54. The molecule has 2 saturated heterocycles. The molecular formula is C19H32N6O5S. The van der Waals surface area contributed by atoms with Gasteiger partial charge in [-0.2, -0.15) is 4.31 Å². The lowest BCUT2D eigenvalue weighted by Gasteiger charge is -2.36. The van der Waals surface area contributed by atoms with Crippen LogP contribution in [-0.4, -0.2) is 103 Å². The number of urea groups is 2. The molecule has 12 heteroatoms. The summed E-state index contributed by atoms with van der Waals surface area (Å²) in [7, 11) is -3.24. The zero-order valence-corrected chi connectivity index (χ0v) is 19.4. The van der Waals surface area contributed by atoms with Gasteiger partial charge in [0.15, 0.2) is 5.82 Å². The molecule has 174 valence electrons. The highest BCUT2D eigenvalue weighted by molar-refractivity contribution is 7.88. The highest BCUT2D eigenvalue weighted by atomic mass is 32.2. The Morgan fingerprint density at radius 1 is 0.968 bits per heavy atom. The van der Waals surface area contributed by atoms with Crippen molar-refractivity contribution in [1.29, 1.82) is 0 Å². The van der Waals surface area contributed by atoms with Crippen molar-refractivity contribution in [2.24, 2.45) is 0 Å². The van der Waals surface area contributed by atoms with E-state index >= 15 is 0 Å². The standard InChI is InChI=1S/C19H32N6O5S/c1-19(2,3)15-14-16(21-30-15)20-17(26)22-6-5-7-23(9-8-22)18(27)24-10-12-25(13-11-24)31(4,28)29/h14H,5-13H2,1-4H3,(H,20,21,26). The summed E-state index contributed by atoms with van der Waals surface area (Å²) in [6, 6.07) is 1.34. The van der Waals surface area contributed by atoms with Gasteiger partial charge in [0.1, 0.15) is 5.76 Å². The molecule has 0 bridgehead atoms. The number of sulfonamides is 1. The van der Waals surface area contributed by atoms with Gasteiger partial charge in [-0.1, -0.05) is 25.9 Å². The number of rotatable bonds is 2. The van der Waals surface area contributed by atoms with Crippen molar-refractivity contribution >= 4 is 27.9 Å². The molecule has 0 radical (unpaired) electrons. The van der Waals surface area contributed by atoms with Gasteiger partial charge in [-0.25, -0.2) is 18.0 Å². The van der Waals surface area contributed by atoms with E-state index in [9.17, 15) is 18.0 Å². The SMILES string of the molecule is CC(C)(C)c1cc(NC(=O)N2CCCN(C(=O)N3CCN(S(C)(=O)=O)CC3)CC2)no1. The molecule has 0 saturated carbocycles. The third-order valence-corrected chi connectivity index (χ3v) is 6.82. The second-order valence-corrected chi connectivity index (χ2v) is 11.0. The number of carbonyl (C=O) groups excluding carboxylic acids is 2. The fraction of sp³-hybridized carbons (Fsp3) is 0.737. The van der Waals surface area contributed by atoms with Gasteiger partial charge in [-0.15, -0.1) is 0 Å². The monoisotopic (exact) mass is 456 g/mol. The summed E-state index contributed by atoms with van der Waals surface area (Å²) >= 11 is 0. The van der Waals surface area contributed by atoms with Crippen molar-refractivity contribution in [3.63, 3.8) is 0 Å². The Morgan fingerprint density at radius 2 is 1.52 bits per heavy atom. The molecule has 11 nitrogen and oxygen atoms in total. The molecule has 31 heavy (non-hydrogen) atoms. The number of piperazine rings is 1. The second kappa shape index (κ2) is 9.03. The van der Waals surface area contributed by atoms with Crippen LogP contribution in [0, 0.1) is 0 Å². The van der Waals surface area contributed by atoms with Crippen LogP contribution in [0.2, 0.25) is 0 Å². The predicted octanol–water partition coefficient (Wildman–Crippen LogP) is 1.21. The molecule has 3 rings (SSSR count). The third kappa shape index (κ3) is 5.88. The summed E-state index contributed by atoms with van der Waals surface area (Å²) < 4.78 is 30.0. The molecule has 1 aromatic heterocycles. The van der Waals surface area contributed by atoms with Gasteiger partial charge in [-0.05, 0) is 6.42 Å². The average Bonchev–Trinajstić information content (AvgIpc) is 3.03. The van der Waals surface area contributed by atoms with Gasteiger partial charge in [0.25, 0.3) is 0 Å². The first-order valence-electron chi connectivity index (χ1n) is 10.5. The molecule has 4 amide bonds. The van der Waals surface area contributed by atoms with E-state index in [0.717, 1.165) is 0 Å². The minimum Gasteiger partial charge on any atom is -0.359 e. The summed E-state index contributed by atoms with van der Waals surface area (Å²) in [5.74, 6) is 1.06. The first kappa shape index (κ1) is 23.3. The summed E-state index contributed by atoms with van der Waals surface area (Å²) in [6.07, 6.45) is 1.84. The van der Waals surface area contributed by atoms with E-state index in [1.165, 1.54) is 10.6 Å².